The van der Waals surface area contributed by atoms with Crippen molar-refractivity contribution in [3.05, 3.63) is 78.0 Å². The third-order valence-electron chi connectivity index (χ3n) is 5.80. The highest BCUT2D eigenvalue weighted by atomic mass is 16.5. The molecule has 5 rings (SSSR count). The van der Waals surface area contributed by atoms with Crippen LogP contribution in [0.5, 0.6) is 5.75 Å². The van der Waals surface area contributed by atoms with Gasteiger partial charge in [0.1, 0.15) is 11.9 Å². The molecule has 6 heteroatoms. The second-order valence-corrected chi connectivity index (χ2v) is 8.18. The third-order valence-corrected chi connectivity index (χ3v) is 5.80. The third kappa shape index (κ3) is 4.04. The van der Waals surface area contributed by atoms with Crippen LogP contribution in [0, 0.1) is 0 Å². The molecule has 1 N–H and O–H groups in total. The Kier molecular flexibility index (Phi) is 5.18. The topological polar surface area (TPSA) is 63.4 Å². The average Bonchev–Trinajstić information content (AvgIpc) is 3.16. The van der Waals surface area contributed by atoms with Crippen molar-refractivity contribution in [2.24, 2.45) is 7.05 Å². The Hall–Kier alpha value is -3.22. The number of aliphatic hydroxyl groups excluding tert-OH is 1. The van der Waals surface area contributed by atoms with Gasteiger partial charge >= 0.3 is 0 Å². The van der Waals surface area contributed by atoms with Gasteiger partial charge in [-0.2, -0.15) is 5.10 Å². The minimum absolute atomic E-state index is 0.421. The van der Waals surface area contributed by atoms with Crippen molar-refractivity contribution in [3.63, 3.8) is 0 Å². The number of hydrogen-bond donors (Lipinski definition) is 1. The molecule has 0 radical (unpaired) electrons. The molecule has 4 aromatic rings. The summed E-state index contributed by atoms with van der Waals surface area (Å²) in [6.45, 7) is 3.40. The zero-order valence-corrected chi connectivity index (χ0v) is 17.8. The van der Waals surface area contributed by atoms with E-state index in [1.165, 1.54) is 11.1 Å². The summed E-state index contributed by atoms with van der Waals surface area (Å²) in [5.41, 5.74) is 5.20. The van der Waals surface area contributed by atoms with E-state index in [0.29, 0.717) is 5.75 Å². The first-order valence-corrected chi connectivity index (χ1v) is 10.6. The van der Waals surface area contributed by atoms with Crippen LogP contribution in [0.3, 0.4) is 0 Å². The van der Waals surface area contributed by atoms with E-state index in [2.05, 4.69) is 39.2 Å². The quantitative estimate of drug-likeness (QED) is 0.539. The first-order chi connectivity index (χ1) is 15.1. The van der Waals surface area contributed by atoms with Gasteiger partial charge in [-0.1, -0.05) is 36.4 Å². The van der Waals surface area contributed by atoms with Crippen LogP contribution in [0.25, 0.3) is 22.3 Å². The van der Waals surface area contributed by atoms with Gasteiger partial charge in [0, 0.05) is 37.3 Å². The largest absolute Gasteiger partial charge is 0.472 e. The van der Waals surface area contributed by atoms with Crippen molar-refractivity contribution in [2.75, 3.05) is 6.54 Å². The van der Waals surface area contributed by atoms with E-state index in [9.17, 15) is 5.11 Å². The van der Waals surface area contributed by atoms with Gasteiger partial charge in [-0.3, -0.25) is 9.58 Å². The second-order valence-electron chi connectivity index (χ2n) is 8.18. The standard InChI is InChI=1S/C25H26N4O2/c1-17(30)25(29-13-12-18-6-3-4-7-20(18)16-29)31-22-9-5-8-19(14-22)23-11-10-21-15-28(2)27-24(21)26-23/h3-11,14-15,17,25,30H,12-13,16H2,1-2H3. The SMILES string of the molecule is CC(O)C(Oc1cccc(-c2ccc3cn(C)nc3n2)c1)N1CCc2ccccc2C1. The van der Waals surface area contributed by atoms with Crippen molar-refractivity contribution < 1.29 is 9.84 Å². The average molecular weight is 415 g/mol. The Balaban J connectivity index is 1.39. The molecular weight excluding hydrogens is 388 g/mol. The van der Waals surface area contributed by atoms with Gasteiger partial charge in [-0.25, -0.2) is 4.98 Å². The molecule has 0 saturated carbocycles. The van der Waals surface area contributed by atoms with E-state index in [0.717, 1.165) is 41.8 Å². The molecule has 2 aromatic heterocycles. The lowest BCUT2D eigenvalue weighted by atomic mass is 9.99. The molecule has 0 fully saturated rings. The number of fused-ring (bicyclic) bond motifs is 2. The molecule has 2 aromatic carbocycles. The van der Waals surface area contributed by atoms with Crippen LogP contribution in [-0.4, -0.2) is 43.6 Å². The van der Waals surface area contributed by atoms with Crippen LogP contribution in [0.2, 0.25) is 0 Å². The number of hydrogen-bond acceptors (Lipinski definition) is 5. The number of nitrogens with zero attached hydrogens (tertiary/aromatic N) is 4. The Bertz CT molecular complexity index is 1220. The number of aliphatic hydroxyl groups is 1. The van der Waals surface area contributed by atoms with Gasteiger partial charge < -0.3 is 9.84 Å². The minimum atomic E-state index is -0.628. The lowest BCUT2D eigenvalue weighted by Crippen LogP contribution is -2.48. The van der Waals surface area contributed by atoms with Crippen molar-refractivity contribution in [1.29, 1.82) is 0 Å². The molecule has 1 aliphatic heterocycles. The highest BCUT2D eigenvalue weighted by Crippen LogP contribution is 2.27. The van der Waals surface area contributed by atoms with Crippen LogP contribution in [0.1, 0.15) is 18.1 Å². The van der Waals surface area contributed by atoms with Crippen LogP contribution >= 0.6 is 0 Å². The fourth-order valence-corrected chi connectivity index (χ4v) is 4.26. The summed E-state index contributed by atoms with van der Waals surface area (Å²) in [4.78, 5) is 6.90. The lowest BCUT2D eigenvalue weighted by molar-refractivity contribution is -0.0646. The van der Waals surface area contributed by atoms with E-state index >= 15 is 0 Å². The number of benzene rings is 2. The molecule has 3 heterocycles. The maximum absolute atomic E-state index is 10.5. The molecule has 0 amide bonds. The zero-order valence-electron chi connectivity index (χ0n) is 17.8. The highest BCUT2D eigenvalue weighted by Gasteiger charge is 2.28. The zero-order chi connectivity index (χ0) is 21.4. The molecule has 2 unspecified atom stereocenters. The maximum atomic E-state index is 10.5. The Morgan fingerprint density at radius 1 is 1.03 bits per heavy atom. The van der Waals surface area contributed by atoms with Gasteiger partial charge in [0.2, 0.25) is 0 Å². The van der Waals surface area contributed by atoms with Gasteiger partial charge in [0.15, 0.2) is 11.9 Å². The molecule has 6 nitrogen and oxygen atoms in total. The number of aryl methyl sites for hydroxylation is 1. The van der Waals surface area contributed by atoms with E-state index in [4.69, 9.17) is 4.74 Å². The maximum Gasteiger partial charge on any atom is 0.181 e. The Labute approximate surface area is 181 Å². The first-order valence-electron chi connectivity index (χ1n) is 10.6. The highest BCUT2D eigenvalue weighted by molar-refractivity contribution is 5.78. The van der Waals surface area contributed by atoms with E-state index in [1.807, 2.05) is 49.6 Å². The molecule has 0 bridgehead atoms. The molecule has 158 valence electrons. The van der Waals surface area contributed by atoms with E-state index < -0.39 is 12.3 Å². The van der Waals surface area contributed by atoms with Crippen molar-refractivity contribution >= 4 is 11.0 Å². The molecule has 31 heavy (non-hydrogen) atoms. The smallest absolute Gasteiger partial charge is 0.181 e. The summed E-state index contributed by atoms with van der Waals surface area (Å²) in [5.74, 6) is 0.713. The molecule has 0 saturated heterocycles. The molecular formula is C25H26N4O2. The fourth-order valence-electron chi connectivity index (χ4n) is 4.26. The monoisotopic (exact) mass is 414 g/mol. The lowest BCUT2D eigenvalue weighted by Gasteiger charge is -2.37. The second kappa shape index (κ2) is 8.13. The predicted octanol–water partition coefficient (Wildman–Crippen LogP) is 3.78. The Morgan fingerprint density at radius 3 is 2.71 bits per heavy atom. The number of ether oxygens (including phenoxy) is 1. The van der Waals surface area contributed by atoms with Crippen LogP contribution < -0.4 is 4.74 Å². The molecule has 2 atom stereocenters. The van der Waals surface area contributed by atoms with Gasteiger partial charge in [-0.05, 0) is 48.7 Å². The number of aromatic nitrogens is 3. The summed E-state index contributed by atoms with van der Waals surface area (Å²) in [7, 11) is 1.89. The normalized spacial score (nSPS) is 16.1. The molecule has 1 aliphatic rings. The predicted molar refractivity (Wildman–Crippen MR) is 121 cm³/mol. The minimum Gasteiger partial charge on any atom is -0.472 e. The number of rotatable bonds is 5. The van der Waals surface area contributed by atoms with Gasteiger partial charge in [-0.15, -0.1) is 0 Å². The van der Waals surface area contributed by atoms with Crippen molar-refractivity contribution in [1.82, 2.24) is 19.7 Å². The summed E-state index contributed by atoms with van der Waals surface area (Å²) in [5, 5.41) is 15.9. The number of pyridine rings is 1. The van der Waals surface area contributed by atoms with Gasteiger partial charge in [0.05, 0.1) is 5.69 Å². The summed E-state index contributed by atoms with van der Waals surface area (Å²) >= 11 is 0. The summed E-state index contributed by atoms with van der Waals surface area (Å²) in [6.07, 6.45) is 1.86. The molecule has 0 spiro atoms. The van der Waals surface area contributed by atoms with E-state index in [1.54, 1.807) is 11.6 Å². The van der Waals surface area contributed by atoms with E-state index in [-0.39, 0.29) is 0 Å². The Morgan fingerprint density at radius 2 is 1.87 bits per heavy atom. The first kappa shape index (κ1) is 19.7. The fraction of sp³-hybridized carbons (Fsp3) is 0.280. The summed E-state index contributed by atoms with van der Waals surface area (Å²) < 4.78 is 8.08. The van der Waals surface area contributed by atoms with Crippen LogP contribution in [-0.2, 0) is 20.0 Å². The van der Waals surface area contributed by atoms with Crippen molar-refractivity contribution in [2.45, 2.75) is 32.2 Å². The van der Waals surface area contributed by atoms with Crippen molar-refractivity contribution in [3.8, 4) is 17.0 Å². The van der Waals surface area contributed by atoms with Crippen LogP contribution in [0.15, 0.2) is 66.9 Å². The summed E-state index contributed by atoms with van der Waals surface area (Å²) in [6, 6.07) is 20.4. The van der Waals surface area contributed by atoms with Crippen LogP contribution in [0.4, 0.5) is 0 Å². The molecule has 0 aliphatic carbocycles. The van der Waals surface area contributed by atoms with Gasteiger partial charge in [0.25, 0.3) is 0 Å².